The summed E-state index contributed by atoms with van der Waals surface area (Å²) in [5.41, 5.74) is 21.4. The Kier molecular flexibility index (Phi) is 8.11. The van der Waals surface area contributed by atoms with E-state index in [1.54, 1.807) is 5.57 Å². The second-order valence-electron chi connectivity index (χ2n) is 17.2. The summed E-state index contributed by atoms with van der Waals surface area (Å²) in [5.74, 6) is 0.163. The number of anilines is 2. The van der Waals surface area contributed by atoms with Crippen LogP contribution < -0.4 is 4.90 Å². The maximum absolute atomic E-state index is 4.04. The molecule has 5 aromatic rings. The van der Waals surface area contributed by atoms with Gasteiger partial charge in [-0.3, -0.25) is 0 Å². The minimum absolute atomic E-state index is 0.0621. The number of nitrogens with one attached hydrogen (secondary N) is 1. The highest BCUT2D eigenvalue weighted by atomic mass is 15.2. The molecule has 0 saturated carbocycles. The van der Waals surface area contributed by atoms with Crippen LogP contribution in [0.4, 0.5) is 11.4 Å². The monoisotopic (exact) mass is 726 g/mol. The van der Waals surface area contributed by atoms with Crippen molar-refractivity contribution in [1.82, 2.24) is 4.98 Å². The van der Waals surface area contributed by atoms with Crippen LogP contribution in [0.3, 0.4) is 0 Å². The molecule has 1 aromatic heterocycles. The third kappa shape index (κ3) is 5.22. The molecule has 1 heterocycles. The van der Waals surface area contributed by atoms with Crippen LogP contribution in [0.2, 0.25) is 0 Å². The predicted molar refractivity (Wildman–Crippen MR) is 238 cm³/mol. The number of aryl methyl sites for hydroxylation is 1. The summed E-state index contributed by atoms with van der Waals surface area (Å²) < 4.78 is 0. The Balaban J connectivity index is 1.14. The highest BCUT2D eigenvalue weighted by Crippen LogP contribution is 2.57. The number of fused-ring (bicyclic) bond motifs is 7. The van der Waals surface area contributed by atoms with E-state index in [1.807, 2.05) is 6.08 Å². The molecule has 0 fully saturated rings. The van der Waals surface area contributed by atoms with Gasteiger partial charge in [0.25, 0.3) is 0 Å². The van der Waals surface area contributed by atoms with Gasteiger partial charge in [-0.2, -0.15) is 0 Å². The predicted octanol–water partition coefficient (Wildman–Crippen LogP) is 14.4. The van der Waals surface area contributed by atoms with E-state index in [2.05, 4.69) is 184 Å². The van der Waals surface area contributed by atoms with Crippen LogP contribution in [0.25, 0.3) is 39.2 Å². The largest absolute Gasteiger partial charge is 0.354 e. The minimum atomic E-state index is -0.181. The number of hydrogen-bond acceptors (Lipinski definition) is 1. The number of H-pyrrole nitrogens is 1. The van der Waals surface area contributed by atoms with Gasteiger partial charge in [-0.05, 0) is 113 Å². The first kappa shape index (κ1) is 34.6. The number of para-hydroxylation sites is 1. The molecule has 2 nitrogen and oxygen atoms in total. The zero-order valence-corrected chi connectivity index (χ0v) is 33.1. The van der Waals surface area contributed by atoms with E-state index in [0.29, 0.717) is 0 Å². The first-order valence-electron chi connectivity index (χ1n) is 20.5. The van der Waals surface area contributed by atoms with E-state index in [-0.39, 0.29) is 16.7 Å². The zero-order valence-electron chi connectivity index (χ0n) is 33.1. The summed E-state index contributed by atoms with van der Waals surface area (Å²) in [4.78, 5) is 6.36. The van der Waals surface area contributed by atoms with E-state index < -0.39 is 0 Å². The lowest BCUT2D eigenvalue weighted by Crippen LogP contribution is -2.27. The summed E-state index contributed by atoms with van der Waals surface area (Å²) in [6.45, 7) is 13.7. The van der Waals surface area contributed by atoms with Crippen LogP contribution in [-0.4, -0.2) is 4.98 Å². The first-order chi connectivity index (χ1) is 27.3. The topological polar surface area (TPSA) is 19.0 Å². The average molecular weight is 727 g/mol. The van der Waals surface area contributed by atoms with Crippen molar-refractivity contribution in [3.63, 3.8) is 0 Å². The van der Waals surface area contributed by atoms with E-state index in [4.69, 9.17) is 0 Å². The van der Waals surface area contributed by atoms with Gasteiger partial charge in [0.15, 0.2) is 0 Å². The maximum atomic E-state index is 4.04. The molecule has 276 valence electrons. The standard InChI is InChI=1S/C54H50N2/c1-6-7-8-26-49(36-30-33-47-44(34-36)40-18-10-12-23-45(40)53(47,2)3)56(50-27-16-21-42-39-17-9-13-24-46(39)54(4,5)51(42)50)37-31-28-35(29-32-37)38-20-15-22-43-41-19-11-14-25-48(41)55-52(38)43/h6-10,13-18,20-22,24-33,36,55H,1,11-12,19,23,34H2,2-5H3/b8-7-,49-26+. The van der Waals surface area contributed by atoms with Gasteiger partial charge in [0, 0.05) is 44.8 Å². The third-order valence-corrected chi connectivity index (χ3v) is 13.4. The molecule has 10 rings (SSSR count). The Morgan fingerprint density at radius 2 is 1.54 bits per heavy atom. The van der Waals surface area contributed by atoms with Gasteiger partial charge in [0.05, 0.1) is 11.2 Å². The maximum Gasteiger partial charge on any atom is 0.0541 e. The van der Waals surface area contributed by atoms with Crippen molar-refractivity contribution in [2.24, 2.45) is 11.3 Å². The van der Waals surface area contributed by atoms with Crippen LogP contribution in [0.5, 0.6) is 0 Å². The lowest BCUT2D eigenvalue weighted by molar-refractivity contribution is 0.530. The SMILES string of the molecule is C=C/C=C\C=C(/C1C=CC2=C(C1)C1=C(CCC=C1)C2(C)C)N(c1ccc(-c2cccc3c4c([nH]c23)C=CCC4)cc1)c1cccc2c1C(C)(C)c1ccccc1-2. The van der Waals surface area contributed by atoms with E-state index in [0.717, 1.165) is 37.8 Å². The Morgan fingerprint density at radius 3 is 2.39 bits per heavy atom. The number of rotatable bonds is 7. The molecule has 2 heteroatoms. The second kappa shape index (κ2) is 13.1. The summed E-state index contributed by atoms with van der Waals surface area (Å²) in [6.07, 6.45) is 28.2. The van der Waals surface area contributed by atoms with E-state index >= 15 is 0 Å². The van der Waals surface area contributed by atoms with Crippen LogP contribution >= 0.6 is 0 Å². The van der Waals surface area contributed by atoms with Crippen molar-refractivity contribution in [1.29, 1.82) is 0 Å². The molecule has 0 amide bonds. The van der Waals surface area contributed by atoms with Gasteiger partial charge in [-0.25, -0.2) is 0 Å². The van der Waals surface area contributed by atoms with Crippen LogP contribution in [0.1, 0.15) is 75.8 Å². The lowest BCUT2D eigenvalue weighted by atomic mass is 9.76. The van der Waals surface area contributed by atoms with Crippen LogP contribution in [-0.2, 0) is 11.8 Å². The number of hydrogen-bond donors (Lipinski definition) is 1. The fourth-order valence-electron chi connectivity index (χ4n) is 10.7. The fourth-order valence-corrected chi connectivity index (χ4v) is 10.7. The molecule has 1 unspecified atom stereocenters. The van der Waals surface area contributed by atoms with Crippen molar-refractivity contribution in [2.75, 3.05) is 4.90 Å². The molecule has 0 bridgehead atoms. The molecular formula is C54H50N2. The Labute approximate surface area is 332 Å². The molecule has 1 atom stereocenters. The van der Waals surface area contributed by atoms with Crippen LogP contribution in [0.15, 0.2) is 174 Å². The Morgan fingerprint density at radius 1 is 0.768 bits per heavy atom. The van der Waals surface area contributed by atoms with Gasteiger partial charge < -0.3 is 9.88 Å². The highest BCUT2D eigenvalue weighted by Gasteiger charge is 2.42. The lowest BCUT2D eigenvalue weighted by Gasteiger charge is -2.37. The Hall–Kier alpha value is -5.86. The zero-order chi connectivity index (χ0) is 38.2. The van der Waals surface area contributed by atoms with Gasteiger partial charge in [0.2, 0.25) is 0 Å². The molecule has 0 radical (unpaired) electrons. The van der Waals surface area contributed by atoms with Gasteiger partial charge in [0.1, 0.15) is 0 Å². The molecule has 1 N–H and O–H groups in total. The van der Waals surface area contributed by atoms with Crippen molar-refractivity contribution in [3.8, 4) is 22.3 Å². The number of nitrogens with zero attached hydrogens (tertiary/aromatic N) is 1. The van der Waals surface area contributed by atoms with Gasteiger partial charge >= 0.3 is 0 Å². The molecule has 0 aliphatic heterocycles. The normalized spacial score (nSPS) is 20.0. The quantitative estimate of drug-likeness (QED) is 0.165. The third-order valence-electron chi connectivity index (χ3n) is 13.4. The van der Waals surface area contributed by atoms with Crippen molar-refractivity contribution < 1.29 is 0 Å². The summed E-state index contributed by atoms with van der Waals surface area (Å²) >= 11 is 0. The summed E-state index contributed by atoms with van der Waals surface area (Å²) in [5, 5.41) is 1.34. The number of benzene rings is 4. The number of aromatic nitrogens is 1. The van der Waals surface area contributed by atoms with E-state index in [1.165, 1.54) is 83.6 Å². The molecule has 0 spiro atoms. The average Bonchev–Trinajstić information content (AvgIpc) is 3.81. The molecule has 5 aliphatic carbocycles. The molecular weight excluding hydrogens is 677 g/mol. The van der Waals surface area contributed by atoms with Crippen molar-refractivity contribution >= 4 is 28.4 Å². The molecule has 4 aromatic carbocycles. The molecule has 56 heavy (non-hydrogen) atoms. The molecule has 5 aliphatic rings. The van der Waals surface area contributed by atoms with Gasteiger partial charge in [-0.15, -0.1) is 0 Å². The van der Waals surface area contributed by atoms with Crippen molar-refractivity contribution in [3.05, 3.63) is 197 Å². The van der Waals surface area contributed by atoms with Gasteiger partial charge in [-0.1, -0.05) is 155 Å². The van der Waals surface area contributed by atoms with Crippen molar-refractivity contribution in [2.45, 2.75) is 65.2 Å². The van der Waals surface area contributed by atoms with E-state index in [9.17, 15) is 0 Å². The Bertz CT molecular complexity index is 2670. The smallest absolute Gasteiger partial charge is 0.0541 e. The number of aromatic amines is 1. The fraction of sp³-hybridized carbons (Fsp3) is 0.222. The second-order valence-corrected chi connectivity index (χ2v) is 17.2. The van der Waals surface area contributed by atoms with Crippen LogP contribution in [0, 0.1) is 11.3 Å². The first-order valence-corrected chi connectivity index (χ1v) is 20.5. The summed E-state index contributed by atoms with van der Waals surface area (Å²) in [6, 6.07) is 32.0. The summed E-state index contributed by atoms with van der Waals surface area (Å²) in [7, 11) is 0. The molecule has 0 saturated heterocycles. The highest BCUT2D eigenvalue weighted by molar-refractivity contribution is 5.99. The minimum Gasteiger partial charge on any atom is -0.354 e. The number of allylic oxidation sites excluding steroid dienone is 13.